The number of hydrogen-bond acceptors (Lipinski definition) is 5. The molecule has 6 heteroatoms. The Morgan fingerprint density at radius 2 is 1.91 bits per heavy atom. The van der Waals surface area contributed by atoms with E-state index in [9.17, 15) is 4.79 Å². The van der Waals surface area contributed by atoms with Crippen LogP contribution < -0.4 is 5.56 Å². The maximum absolute atomic E-state index is 11.7. The van der Waals surface area contributed by atoms with Crippen LogP contribution in [0.1, 0.15) is 18.9 Å². The van der Waals surface area contributed by atoms with E-state index in [1.165, 1.54) is 16.3 Å². The van der Waals surface area contributed by atoms with Crippen LogP contribution in [-0.2, 0) is 6.54 Å². The molecule has 0 saturated heterocycles. The molecule has 0 bridgehead atoms. The van der Waals surface area contributed by atoms with Crippen LogP contribution in [0.3, 0.4) is 0 Å². The van der Waals surface area contributed by atoms with E-state index in [0.29, 0.717) is 24.0 Å². The number of aryl methyl sites for hydroxylation is 2. The molecule has 0 spiro atoms. The summed E-state index contributed by atoms with van der Waals surface area (Å²) in [6, 6.07) is 10.9. The van der Waals surface area contributed by atoms with E-state index in [2.05, 4.69) is 15.2 Å². The van der Waals surface area contributed by atoms with Crippen molar-refractivity contribution in [1.82, 2.24) is 19.9 Å². The quantitative estimate of drug-likeness (QED) is 0.740. The van der Waals surface area contributed by atoms with Gasteiger partial charge in [-0.05, 0) is 19.4 Å². The van der Waals surface area contributed by atoms with Crippen LogP contribution in [-0.4, -0.2) is 19.9 Å². The summed E-state index contributed by atoms with van der Waals surface area (Å²) in [5, 5.41) is 8.24. The molecular weight excluding hydrogens is 280 g/mol. The van der Waals surface area contributed by atoms with Crippen molar-refractivity contribution in [3.8, 4) is 23.0 Å². The van der Waals surface area contributed by atoms with Crippen molar-refractivity contribution >= 4 is 0 Å². The van der Waals surface area contributed by atoms with E-state index in [1.807, 2.05) is 38.1 Å². The molecule has 1 aromatic carbocycles. The molecule has 0 unspecified atom stereocenters. The number of nitrogens with zero attached hydrogens (tertiary/aromatic N) is 4. The van der Waals surface area contributed by atoms with Crippen LogP contribution in [0, 0.1) is 6.92 Å². The van der Waals surface area contributed by atoms with Crippen molar-refractivity contribution < 1.29 is 4.52 Å². The number of hydrogen-bond donors (Lipinski definition) is 0. The van der Waals surface area contributed by atoms with Crippen molar-refractivity contribution in [3.05, 3.63) is 52.3 Å². The third-order valence-electron chi connectivity index (χ3n) is 3.26. The Morgan fingerprint density at radius 3 is 2.64 bits per heavy atom. The third-order valence-corrected chi connectivity index (χ3v) is 3.26. The van der Waals surface area contributed by atoms with Crippen LogP contribution in [0.5, 0.6) is 0 Å². The Balaban J connectivity index is 1.95. The van der Waals surface area contributed by atoms with Crippen LogP contribution in [0.2, 0.25) is 0 Å². The van der Waals surface area contributed by atoms with Crippen molar-refractivity contribution in [1.29, 1.82) is 0 Å². The van der Waals surface area contributed by atoms with Gasteiger partial charge in [0.15, 0.2) is 0 Å². The van der Waals surface area contributed by atoms with E-state index in [1.54, 1.807) is 6.07 Å². The van der Waals surface area contributed by atoms with Crippen molar-refractivity contribution in [2.75, 3.05) is 0 Å². The highest BCUT2D eigenvalue weighted by Crippen LogP contribution is 2.20. The lowest BCUT2D eigenvalue weighted by Gasteiger charge is -2.02. The molecule has 0 amide bonds. The van der Waals surface area contributed by atoms with Crippen molar-refractivity contribution in [3.63, 3.8) is 0 Å². The first-order valence-corrected chi connectivity index (χ1v) is 7.16. The van der Waals surface area contributed by atoms with E-state index < -0.39 is 0 Å². The second-order valence-electron chi connectivity index (χ2n) is 5.07. The molecule has 0 fully saturated rings. The molecule has 6 nitrogen and oxygen atoms in total. The molecule has 0 N–H and O–H groups in total. The van der Waals surface area contributed by atoms with Gasteiger partial charge in [-0.25, -0.2) is 4.68 Å². The predicted octanol–water partition coefficient (Wildman–Crippen LogP) is 2.68. The predicted molar refractivity (Wildman–Crippen MR) is 82.3 cm³/mol. The fraction of sp³-hybridized carbons (Fsp3) is 0.250. The Bertz CT molecular complexity index is 834. The maximum atomic E-state index is 11.7. The van der Waals surface area contributed by atoms with Gasteiger partial charge < -0.3 is 4.52 Å². The van der Waals surface area contributed by atoms with Gasteiger partial charge in [-0.2, -0.15) is 10.1 Å². The van der Waals surface area contributed by atoms with Crippen LogP contribution in [0.15, 0.2) is 45.7 Å². The largest absolute Gasteiger partial charge is 0.332 e. The SMILES string of the molecule is CCCn1nc(-c2nc(-c3ccc(C)cc3)no2)ccc1=O. The first kappa shape index (κ1) is 14.2. The molecule has 2 heterocycles. The molecule has 2 aromatic heterocycles. The third kappa shape index (κ3) is 2.81. The average molecular weight is 296 g/mol. The second-order valence-corrected chi connectivity index (χ2v) is 5.07. The molecule has 0 aliphatic heterocycles. The van der Waals surface area contributed by atoms with E-state index >= 15 is 0 Å². The van der Waals surface area contributed by atoms with Gasteiger partial charge in [0.05, 0.1) is 0 Å². The van der Waals surface area contributed by atoms with Crippen LogP contribution in [0.4, 0.5) is 0 Å². The van der Waals surface area contributed by atoms with E-state index in [4.69, 9.17) is 4.52 Å². The molecule has 0 radical (unpaired) electrons. The lowest BCUT2D eigenvalue weighted by Crippen LogP contribution is -2.21. The summed E-state index contributed by atoms with van der Waals surface area (Å²) in [5.41, 5.74) is 2.41. The highest BCUT2D eigenvalue weighted by molar-refractivity contribution is 5.57. The molecule has 22 heavy (non-hydrogen) atoms. The van der Waals surface area contributed by atoms with Gasteiger partial charge in [-0.3, -0.25) is 4.79 Å². The van der Waals surface area contributed by atoms with E-state index in [-0.39, 0.29) is 5.56 Å². The Kier molecular flexibility index (Phi) is 3.82. The maximum Gasteiger partial charge on any atom is 0.278 e. The van der Waals surface area contributed by atoms with Crippen molar-refractivity contribution in [2.45, 2.75) is 26.8 Å². The molecule has 0 aliphatic rings. The minimum absolute atomic E-state index is 0.135. The topological polar surface area (TPSA) is 73.8 Å². The standard InChI is InChI=1S/C16H16N4O2/c1-3-10-20-14(21)9-8-13(18-20)16-17-15(19-22-16)12-6-4-11(2)5-7-12/h4-9H,3,10H2,1-2H3. The van der Waals surface area contributed by atoms with Gasteiger partial charge in [0, 0.05) is 18.2 Å². The van der Waals surface area contributed by atoms with Gasteiger partial charge >= 0.3 is 0 Å². The first-order valence-electron chi connectivity index (χ1n) is 7.16. The summed E-state index contributed by atoms with van der Waals surface area (Å²) >= 11 is 0. The number of aromatic nitrogens is 4. The Labute approximate surface area is 127 Å². The molecular formula is C16H16N4O2. The second kappa shape index (κ2) is 5.93. The minimum atomic E-state index is -0.135. The Hall–Kier alpha value is -2.76. The molecule has 0 saturated carbocycles. The summed E-state index contributed by atoms with van der Waals surface area (Å²) in [7, 11) is 0. The zero-order valence-corrected chi connectivity index (χ0v) is 12.5. The van der Waals surface area contributed by atoms with Crippen LogP contribution in [0.25, 0.3) is 23.0 Å². The number of rotatable bonds is 4. The summed E-state index contributed by atoms with van der Waals surface area (Å²) in [6.45, 7) is 4.57. The lowest BCUT2D eigenvalue weighted by molar-refractivity contribution is 0.428. The van der Waals surface area contributed by atoms with Gasteiger partial charge in [0.2, 0.25) is 5.82 Å². The fourth-order valence-electron chi connectivity index (χ4n) is 2.08. The van der Waals surface area contributed by atoms with E-state index in [0.717, 1.165) is 12.0 Å². The molecule has 0 atom stereocenters. The highest BCUT2D eigenvalue weighted by atomic mass is 16.5. The Morgan fingerprint density at radius 1 is 1.14 bits per heavy atom. The number of benzene rings is 1. The smallest absolute Gasteiger partial charge is 0.278 e. The summed E-state index contributed by atoms with van der Waals surface area (Å²) in [6.07, 6.45) is 0.828. The minimum Gasteiger partial charge on any atom is -0.332 e. The molecule has 112 valence electrons. The normalized spacial score (nSPS) is 10.8. The highest BCUT2D eigenvalue weighted by Gasteiger charge is 2.12. The summed E-state index contributed by atoms with van der Waals surface area (Å²) in [5.74, 6) is 0.811. The average Bonchev–Trinajstić information content (AvgIpc) is 3.00. The van der Waals surface area contributed by atoms with Crippen molar-refractivity contribution in [2.24, 2.45) is 0 Å². The van der Waals surface area contributed by atoms with Gasteiger partial charge in [-0.1, -0.05) is 41.9 Å². The lowest BCUT2D eigenvalue weighted by atomic mass is 10.1. The van der Waals surface area contributed by atoms with Gasteiger partial charge in [0.1, 0.15) is 5.69 Å². The van der Waals surface area contributed by atoms with Crippen LogP contribution >= 0.6 is 0 Å². The molecule has 0 aliphatic carbocycles. The molecule has 3 rings (SSSR count). The monoisotopic (exact) mass is 296 g/mol. The zero-order valence-electron chi connectivity index (χ0n) is 12.5. The fourth-order valence-corrected chi connectivity index (χ4v) is 2.08. The summed E-state index contributed by atoms with van der Waals surface area (Å²) < 4.78 is 6.68. The first-order chi connectivity index (χ1) is 10.7. The van der Waals surface area contributed by atoms with Gasteiger partial charge in [0.25, 0.3) is 11.4 Å². The molecule has 3 aromatic rings. The zero-order chi connectivity index (χ0) is 15.5. The summed E-state index contributed by atoms with van der Waals surface area (Å²) in [4.78, 5) is 16.0. The van der Waals surface area contributed by atoms with Gasteiger partial charge in [-0.15, -0.1) is 0 Å².